The maximum Gasteiger partial charge on any atom is 0.304 e. The van der Waals surface area contributed by atoms with Gasteiger partial charge in [-0.25, -0.2) is 0 Å². The number of carboxylic acids is 1. The number of ether oxygens (including phenoxy) is 1. The van der Waals surface area contributed by atoms with Crippen LogP contribution in [0.15, 0.2) is 54.9 Å². The second kappa shape index (κ2) is 11.1. The van der Waals surface area contributed by atoms with E-state index in [2.05, 4.69) is 54.5 Å². The monoisotopic (exact) mass is 484 g/mol. The number of carboxylic acid groups (broad SMARTS) is 1. The van der Waals surface area contributed by atoms with Gasteiger partial charge in [-0.2, -0.15) is 10.2 Å². The van der Waals surface area contributed by atoms with Crippen molar-refractivity contribution in [1.82, 2.24) is 19.6 Å². The average molecular weight is 485 g/mol. The van der Waals surface area contributed by atoms with Crippen molar-refractivity contribution < 1.29 is 14.6 Å². The van der Waals surface area contributed by atoms with E-state index in [1.54, 1.807) is 13.1 Å². The maximum atomic E-state index is 11.2. The zero-order valence-corrected chi connectivity index (χ0v) is 21.2. The molecule has 1 N–H and O–H groups in total. The van der Waals surface area contributed by atoms with Crippen LogP contribution in [0.2, 0.25) is 0 Å². The summed E-state index contributed by atoms with van der Waals surface area (Å²) in [5, 5.41) is 19.6. The molecule has 2 heterocycles. The Morgan fingerprint density at radius 2 is 1.94 bits per heavy atom. The second-order valence-electron chi connectivity index (χ2n) is 9.37. The number of aryl methyl sites for hydroxylation is 1. The van der Waals surface area contributed by atoms with Crippen molar-refractivity contribution in [1.29, 1.82) is 0 Å². The summed E-state index contributed by atoms with van der Waals surface area (Å²) in [4.78, 5) is 11.2. The topological polar surface area (TPSA) is 82.2 Å². The minimum atomic E-state index is -0.863. The molecule has 0 aliphatic carbocycles. The molecule has 1 atom stereocenters. The molecule has 0 radical (unpaired) electrons. The van der Waals surface area contributed by atoms with Gasteiger partial charge in [0.1, 0.15) is 12.4 Å². The maximum absolute atomic E-state index is 11.2. The summed E-state index contributed by atoms with van der Waals surface area (Å²) < 4.78 is 10.1. The summed E-state index contributed by atoms with van der Waals surface area (Å²) in [5.41, 5.74) is 5.27. The standard InChI is InChI=1S/C29H32N4O3/c1-5-7-23(16-28(34)35)22-8-11-25(12-9-22)36-19-24-10-13-26-27(18-32-15-6-14-30-32)31-33(17-20(2)3)29(26)21(24)4/h6,8-15,20,23H,16-19H2,1-4H3,(H,34,35)/t23-/m0/s1. The lowest BCUT2D eigenvalue weighted by atomic mass is 9.96. The molecule has 0 aliphatic rings. The van der Waals surface area contributed by atoms with Gasteiger partial charge in [-0.3, -0.25) is 14.2 Å². The van der Waals surface area contributed by atoms with Crippen LogP contribution in [0.4, 0.5) is 0 Å². The fraction of sp³-hybridized carbons (Fsp3) is 0.345. The van der Waals surface area contributed by atoms with Gasteiger partial charge in [-0.15, -0.1) is 5.92 Å². The number of nitrogens with zero attached hydrogens (tertiary/aromatic N) is 4. The molecular formula is C29H32N4O3. The van der Waals surface area contributed by atoms with Crippen molar-refractivity contribution in [3.63, 3.8) is 0 Å². The minimum absolute atomic E-state index is 0.0211. The summed E-state index contributed by atoms with van der Waals surface area (Å²) in [6.07, 6.45) is 3.71. The second-order valence-corrected chi connectivity index (χ2v) is 9.37. The summed E-state index contributed by atoms with van der Waals surface area (Å²) >= 11 is 0. The zero-order valence-electron chi connectivity index (χ0n) is 21.2. The first-order valence-corrected chi connectivity index (χ1v) is 12.2. The van der Waals surface area contributed by atoms with Crippen LogP contribution >= 0.6 is 0 Å². The van der Waals surface area contributed by atoms with Crippen LogP contribution in [0.1, 0.15) is 55.5 Å². The Bertz CT molecular complexity index is 1390. The Hall–Kier alpha value is -4.05. The van der Waals surface area contributed by atoms with Crippen LogP contribution in [-0.4, -0.2) is 30.6 Å². The van der Waals surface area contributed by atoms with E-state index in [4.69, 9.17) is 14.9 Å². The zero-order chi connectivity index (χ0) is 25.7. The number of hydrogen-bond donors (Lipinski definition) is 1. The van der Waals surface area contributed by atoms with Crippen molar-refractivity contribution in [3.05, 3.63) is 77.2 Å². The normalized spacial score (nSPS) is 11.9. The van der Waals surface area contributed by atoms with Gasteiger partial charge >= 0.3 is 5.97 Å². The highest BCUT2D eigenvalue weighted by atomic mass is 16.5. The van der Waals surface area contributed by atoms with E-state index >= 15 is 0 Å². The third-order valence-electron chi connectivity index (χ3n) is 6.14. The molecule has 4 rings (SSSR count). The van der Waals surface area contributed by atoms with Crippen LogP contribution < -0.4 is 4.74 Å². The molecule has 0 amide bonds. The lowest BCUT2D eigenvalue weighted by Crippen LogP contribution is -2.08. The number of benzene rings is 2. The molecule has 36 heavy (non-hydrogen) atoms. The molecule has 7 heteroatoms. The third kappa shape index (κ3) is 5.77. The number of aliphatic carboxylic acids is 1. The largest absolute Gasteiger partial charge is 0.489 e. The lowest BCUT2D eigenvalue weighted by molar-refractivity contribution is -0.137. The molecule has 0 fully saturated rings. The molecule has 0 saturated heterocycles. The highest BCUT2D eigenvalue weighted by Crippen LogP contribution is 2.28. The van der Waals surface area contributed by atoms with Gasteiger partial charge in [0.15, 0.2) is 0 Å². The Kier molecular flexibility index (Phi) is 7.74. The van der Waals surface area contributed by atoms with Gasteiger partial charge in [0.05, 0.1) is 30.1 Å². The SMILES string of the molecule is CC#C[C@@H](CC(=O)O)c1ccc(OCc2ccc3c(Cn4cccn4)nn(CC(C)C)c3c2C)cc1. The van der Waals surface area contributed by atoms with E-state index in [1.165, 1.54) is 0 Å². The van der Waals surface area contributed by atoms with Gasteiger partial charge in [-0.05, 0) is 54.7 Å². The fourth-order valence-corrected chi connectivity index (χ4v) is 4.41. The van der Waals surface area contributed by atoms with Crippen LogP contribution in [0, 0.1) is 24.7 Å². The number of aromatic nitrogens is 4. The quantitative estimate of drug-likeness (QED) is 0.305. The van der Waals surface area contributed by atoms with Crippen molar-refractivity contribution in [3.8, 4) is 17.6 Å². The highest BCUT2D eigenvalue weighted by Gasteiger charge is 2.17. The number of carbonyl (C=O) groups is 1. The first-order chi connectivity index (χ1) is 17.4. The van der Waals surface area contributed by atoms with Crippen LogP contribution in [0.3, 0.4) is 0 Å². The molecule has 4 aromatic rings. The smallest absolute Gasteiger partial charge is 0.304 e. The molecule has 2 aromatic carbocycles. The van der Waals surface area contributed by atoms with Crippen LogP contribution in [0.25, 0.3) is 10.9 Å². The van der Waals surface area contributed by atoms with E-state index in [9.17, 15) is 4.79 Å². The van der Waals surface area contributed by atoms with E-state index in [1.807, 2.05) is 41.2 Å². The van der Waals surface area contributed by atoms with Crippen molar-refractivity contribution in [2.75, 3.05) is 0 Å². The summed E-state index contributed by atoms with van der Waals surface area (Å²) in [7, 11) is 0. The van der Waals surface area contributed by atoms with Gasteiger partial charge in [0.2, 0.25) is 0 Å². The summed E-state index contributed by atoms with van der Waals surface area (Å²) in [5.74, 6) is 5.81. The van der Waals surface area contributed by atoms with Gasteiger partial charge in [-0.1, -0.05) is 44.0 Å². The average Bonchev–Trinajstić information content (AvgIpc) is 3.47. The minimum Gasteiger partial charge on any atom is -0.489 e. The van der Waals surface area contributed by atoms with Crippen molar-refractivity contribution in [2.24, 2.45) is 5.92 Å². The predicted octanol–water partition coefficient (Wildman–Crippen LogP) is 5.41. The molecule has 0 saturated carbocycles. The number of hydrogen-bond acceptors (Lipinski definition) is 4. The van der Waals surface area contributed by atoms with Crippen molar-refractivity contribution in [2.45, 2.75) is 59.7 Å². The highest BCUT2D eigenvalue weighted by molar-refractivity contribution is 5.86. The van der Waals surface area contributed by atoms with Gasteiger partial charge in [0.25, 0.3) is 0 Å². The number of fused-ring (bicyclic) bond motifs is 1. The molecule has 7 nitrogen and oxygen atoms in total. The third-order valence-corrected chi connectivity index (χ3v) is 6.14. The summed E-state index contributed by atoms with van der Waals surface area (Å²) in [6, 6.07) is 13.7. The van der Waals surface area contributed by atoms with E-state index in [0.29, 0.717) is 19.1 Å². The molecule has 0 bridgehead atoms. The Balaban J connectivity index is 1.56. The molecular weight excluding hydrogens is 452 g/mol. The molecule has 0 aliphatic heterocycles. The van der Waals surface area contributed by atoms with Crippen LogP contribution in [-0.2, 0) is 24.5 Å². The Labute approximate surface area is 211 Å². The van der Waals surface area contributed by atoms with Gasteiger partial charge in [0, 0.05) is 24.3 Å². The number of rotatable bonds is 10. The Morgan fingerprint density at radius 1 is 1.17 bits per heavy atom. The first kappa shape index (κ1) is 25.1. The molecule has 0 spiro atoms. The van der Waals surface area contributed by atoms with Crippen LogP contribution in [0.5, 0.6) is 5.75 Å². The first-order valence-electron chi connectivity index (χ1n) is 12.2. The predicted molar refractivity (Wildman–Crippen MR) is 140 cm³/mol. The van der Waals surface area contributed by atoms with Crippen molar-refractivity contribution >= 4 is 16.9 Å². The van der Waals surface area contributed by atoms with E-state index < -0.39 is 5.97 Å². The lowest BCUT2D eigenvalue weighted by Gasteiger charge is -2.13. The fourth-order valence-electron chi connectivity index (χ4n) is 4.41. The van der Waals surface area contributed by atoms with E-state index in [0.717, 1.165) is 45.6 Å². The summed E-state index contributed by atoms with van der Waals surface area (Å²) in [6.45, 7) is 10.1. The van der Waals surface area contributed by atoms with E-state index in [-0.39, 0.29) is 12.3 Å². The molecule has 0 unspecified atom stereocenters. The Morgan fingerprint density at radius 3 is 2.58 bits per heavy atom. The molecule has 2 aromatic heterocycles. The molecule has 186 valence electrons. The van der Waals surface area contributed by atoms with Gasteiger partial charge < -0.3 is 9.84 Å².